The number of fused-ring (bicyclic) bond motifs is 1. The van der Waals surface area contributed by atoms with Crippen LogP contribution < -0.4 is 0 Å². The number of hydrogen-bond donors (Lipinski definition) is 0. The molecule has 0 aromatic heterocycles. The Kier molecular flexibility index (Phi) is 2.54. The number of nitriles is 2. The van der Waals surface area contributed by atoms with Gasteiger partial charge in [-0.1, -0.05) is 0 Å². The Labute approximate surface area is 101 Å². The van der Waals surface area contributed by atoms with E-state index in [-0.39, 0.29) is 20.9 Å². The SMILES string of the molecule is CC1(C)C(C#N)=C2[Se]CCN2C(=O)C1C#N. The summed E-state index contributed by atoms with van der Waals surface area (Å²) in [4.78, 5) is 13.7. The molecule has 0 radical (unpaired) electrons. The van der Waals surface area contributed by atoms with Crippen LogP contribution in [0.1, 0.15) is 13.8 Å². The van der Waals surface area contributed by atoms with Gasteiger partial charge in [0.25, 0.3) is 0 Å². The van der Waals surface area contributed by atoms with Crippen molar-refractivity contribution in [1.82, 2.24) is 4.90 Å². The van der Waals surface area contributed by atoms with Gasteiger partial charge in [-0.3, -0.25) is 0 Å². The van der Waals surface area contributed by atoms with Gasteiger partial charge in [0.1, 0.15) is 0 Å². The molecule has 2 rings (SSSR count). The fourth-order valence-electron chi connectivity index (χ4n) is 2.12. The van der Waals surface area contributed by atoms with Crippen LogP contribution in [-0.4, -0.2) is 32.3 Å². The quantitative estimate of drug-likeness (QED) is 0.618. The van der Waals surface area contributed by atoms with Crippen LogP contribution in [0.15, 0.2) is 10.2 Å². The van der Waals surface area contributed by atoms with E-state index in [9.17, 15) is 10.1 Å². The monoisotopic (exact) mass is 281 g/mol. The molecule has 0 saturated carbocycles. The predicted octanol–water partition coefficient (Wildman–Crippen LogP) is 0.866. The van der Waals surface area contributed by atoms with E-state index >= 15 is 0 Å². The van der Waals surface area contributed by atoms with Crippen LogP contribution in [0, 0.1) is 34.0 Å². The summed E-state index contributed by atoms with van der Waals surface area (Å²) in [5.41, 5.74) is -0.00505. The minimum absolute atomic E-state index is 0.124. The third kappa shape index (κ3) is 1.29. The zero-order valence-corrected chi connectivity index (χ0v) is 10.9. The van der Waals surface area contributed by atoms with Crippen molar-refractivity contribution >= 4 is 20.9 Å². The molecule has 4 nitrogen and oxygen atoms in total. The Morgan fingerprint density at radius 3 is 2.75 bits per heavy atom. The van der Waals surface area contributed by atoms with Crippen molar-refractivity contribution in [3.63, 3.8) is 0 Å². The summed E-state index contributed by atoms with van der Waals surface area (Å²) < 4.78 is 0.900. The molecule has 1 atom stereocenters. The summed E-state index contributed by atoms with van der Waals surface area (Å²) in [6, 6.07) is 4.25. The molecule has 0 aliphatic carbocycles. The maximum absolute atomic E-state index is 12.1. The molecule has 82 valence electrons. The number of allylic oxidation sites excluding steroid dienone is 1. The Hall–Kier alpha value is -1.29. The van der Waals surface area contributed by atoms with E-state index in [2.05, 4.69) is 12.1 Å². The maximum atomic E-state index is 12.1. The number of carbonyl (C=O) groups is 1. The second-order valence-corrected chi connectivity index (χ2v) is 6.69. The second kappa shape index (κ2) is 3.63. The second-order valence-electron chi connectivity index (χ2n) is 4.41. The molecular formula is C11H11N3OSe. The molecule has 0 N–H and O–H groups in total. The van der Waals surface area contributed by atoms with Crippen LogP contribution in [0.4, 0.5) is 0 Å². The van der Waals surface area contributed by atoms with Gasteiger partial charge in [0, 0.05) is 0 Å². The Morgan fingerprint density at radius 2 is 2.19 bits per heavy atom. The van der Waals surface area contributed by atoms with Crippen molar-refractivity contribution in [2.45, 2.75) is 19.2 Å². The molecule has 0 bridgehead atoms. The molecule has 1 unspecified atom stereocenters. The third-order valence-corrected chi connectivity index (χ3v) is 5.41. The predicted molar refractivity (Wildman–Crippen MR) is 57.8 cm³/mol. The first kappa shape index (κ1) is 11.2. The normalized spacial score (nSPS) is 27.4. The first-order valence-corrected chi connectivity index (χ1v) is 7.09. The number of rotatable bonds is 0. The van der Waals surface area contributed by atoms with E-state index in [0.717, 1.165) is 9.91 Å². The molecule has 1 fully saturated rings. The van der Waals surface area contributed by atoms with Crippen molar-refractivity contribution < 1.29 is 4.79 Å². The average molecular weight is 280 g/mol. The van der Waals surface area contributed by atoms with Crippen LogP contribution >= 0.6 is 0 Å². The van der Waals surface area contributed by atoms with Crippen LogP contribution in [0.3, 0.4) is 0 Å². The van der Waals surface area contributed by atoms with Gasteiger partial charge in [-0.25, -0.2) is 0 Å². The number of amides is 1. The molecule has 16 heavy (non-hydrogen) atoms. The molecule has 2 aliphatic heterocycles. The molecule has 2 aliphatic rings. The Morgan fingerprint density at radius 1 is 1.50 bits per heavy atom. The Bertz CT molecular complexity index is 467. The molecule has 0 spiro atoms. The summed E-state index contributed by atoms with van der Waals surface area (Å²) in [6.45, 7) is 4.31. The number of carbonyl (C=O) groups excluding carboxylic acids is 1. The van der Waals surface area contributed by atoms with E-state index < -0.39 is 11.3 Å². The average Bonchev–Trinajstić information content (AvgIpc) is 2.66. The molecule has 1 amide bonds. The molecular weight excluding hydrogens is 269 g/mol. The Balaban J connectivity index is 2.63. The molecule has 5 heteroatoms. The van der Waals surface area contributed by atoms with Crippen molar-refractivity contribution in [2.24, 2.45) is 11.3 Å². The number of nitrogens with zero attached hydrogens (tertiary/aromatic N) is 3. The first-order valence-electron chi connectivity index (χ1n) is 5.02. The summed E-state index contributed by atoms with van der Waals surface area (Å²) >= 11 is 0.207. The van der Waals surface area contributed by atoms with Crippen LogP contribution in [0.25, 0.3) is 0 Å². The standard InChI is InChI=1S/C11H11N3OSe/c1-11(2)7(5-12)9(15)14-3-4-16-10(14)8(11)6-13/h7H,3-4H2,1-2H3. The van der Waals surface area contributed by atoms with Gasteiger partial charge >= 0.3 is 100 Å². The van der Waals surface area contributed by atoms with Crippen molar-refractivity contribution in [3.05, 3.63) is 10.2 Å². The zero-order chi connectivity index (χ0) is 11.9. The van der Waals surface area contributed by atoms with E-state index in [1.165, 1.54) is 0 Å². The first-order chi connectivity index (χ1) is 7.54. The fraction of sp³-hybridized carbons (Fsp3) is 0.545. The summed E-state index contributed by atoms with van der Waals surface area (Å²) in [5, 5.41) is 19.3. The minimum atomic E-state index is -0.722. The fourth-order valence-corrected chi connectivity index (χ4v) is 4.76. The van der Waals surface area contributed by atoms with Crippen molar-refractivity contribution in [2.75, 3.05) is 6.54 Å². The van der Waals surface area contributed by atoms with Gasteiger partial charge in [0.05, 0.1) is 0 Å². The van der Waals surface area contributed by atoms with E-state index in [4.69, 9.17) is 5.26 Å². The van der Waals surface area contributed by atoms with Gasteiger partial charge < -0.3 is 0 Å². The van der Waals surface area contributed by atoms with Crippen molar-refractivity contribution in [1.29, 1.82) is 10.5 Å². The topological polar surface area (TPSA) is 67.9 Å². The van der Waals surface area contributed by atoms with Crippen LogP contribution in [0.5, 0.6) is 0 Å². The van der Waals surface area contributed by atoms with E-state index in [1.807, 2.05) is 13.8 Å². The van der Waals surface area contributed by atoms with E-state index in [1.54, 1.807) is 4.90 Å². The van der Waals surface area contributed by atoms with Gasteiger partial charge in [-0.2, -0.15) is 0 Å². The van der Waals surface area contributed by atoms with Gasteiger partial charge in [0.2, 0.25) is 0 Å². The molecule has 1 saturated heterocycles. The molecule has 2 heterocycles. The summed E-state index contributed by atoms with van der Waals surface area (Å²) in [7, 11) is 0. The van der Waals surface area contributed by atoms with Crippen molar-refractivity contribution in [3.8, 4) is 12.1 Å². The van der Waals surface area contributed by atoms with Crippen LogP contribution in [0.2, 0.25) is 5.32 Å². The van der Waals surface area contributed by atoms with Gasteiger partial charge in [-0.15, -0.1) is 0 Å². The summed E-state index contributed by atoms with van der Waals surface area (Å²) in [6.07, 6.45) is 0. The molecule has 0 aromatic carbocycles. The van der Waals surface area contributed by atoms with Gasteiger partial charge in [-0.05, 0) is 0 Å². The molecule has 0 aromatic rings. The third-order valence-electron chi connectivity index (χ3n) is 3.13. The number of hydrogen-bond acceptors (Lipinski definition) is 3. The van der Waals surface area contributed by atoms with Gasteiger partial charge in [0.15, 0.2) is 0 Å². The zero-order valence-electron chi connectivity index (χ0n) is 9.15. The van der Waals surface area contributed by atoms with E-state index in [0.29, 0.717) is 12.1 Å². The summed E-state index contributed by atoms with van der Waals surface area (Å²) in [5.74, 6) is -0.847. The van der Waals surface area contributed by atoms with Crippen LogP contribution in [-0.2, 0) is 4.79 Å².